The van der Waals surface area contributed by atoms with Crippen molar-refractivity contribution in [1.82, 2.24) is 19.8 Å². The van der Waals surface area contributed by atoms with Crippen LogP contribution in [0.5, 0.6) is 0 Å². The zero-order valence-corrected chi connectivity index (χ0v) is 8.45. The Balaban J connectivity index is 1.95. The maximum absolute atomic E-state index is 3.98. The summed E-state index contributed by atoms with van der Waals surface area (Å²) in [6.07, 6.45) is 1.74. The van der Waals surface area contributed by atoms with Gasteiger partial charge in [0.05, 0.1) is 23.3 Å². The molecular weight excluding hydrogens is 198 g/mol. The fourth-order valence-corrected chi connectivity index (χ4v) is 1.37. The highest BCUT2D eigenvalue weighted by Crippen LogP contribution is 2.06. The molecule has 0 spiro atoms. The lowest BCUT2D eigenvalue weighted by Crippen LogP contribution is -2.01. The molecule has 0 aromatic carbocycles. The van der Waals surface area contributed by atoms with Crippen LogP contribution in [0.1, 0.15) is 10.6 Å². The minimum Gasteiger partial charge on any atom is -0.364 e. The summed E-state index contributed by atoms with van der Waals surface area (Å²) in [5.74, 6) is 0.768. The Kier molecular flexibility index (Phi) is 2.64. The van der Waals surface area contributed by atoms with Gasteiger partial charge in [-0.05, 0) is 30.6 Å². The van der Waals surface area contributed by atoms with Crippen LogP contribution < -0.4 is 5.32 Å². The Morgan fingerprint density at radius 1 is 1.36 bits per heavy atom. The van der Waals surface area contributed by atoms with Crippen LogP contribution in [0.15, 0.2) is 18.3 Å². The topological polar surface area (TPSA) is 63.6 Å². The molecule has 5 nitrogen and oxygen atoms in total. The van der Waals surface area contributed by atoms with E-state index in [0.29, 0.717) is 6.54 Å². The average Bonchev–Trinajstić information content (AvgIpc) is 2.70. The first-order valence-electron chi connectivity index (χ1n) is 4.15. The van der Waals surface area contributed by atoms with Gasteiger partial charge in [-0.25, -0.2) is 0 Å². The van der Waals surface area contributed by atoms with Gasteiger partial charge in [-0.15, -0.1) is 10.2 Å². The maximum Gasteiger partial charge on any atom is 0.148 e. The monoisotopic (exact) mass is 207 g/mol. The van der Waals surface area contributed by atoms with Crippen LogP contribution in [0.25, 0.3) is 0 Å². The van der Waals surface area contributed by atoms with Crippen LogP contribution in [0, 0.1) is 6.92 Å². The Hall–Kier alpha value is -1.56. The minimum atomic E-state index is 0.690. The molecule has 2 heterocycles. The Labute approximate surface area is 85.4 Å². The summed E-state index contributed by atoms with van der Waals surface area (Å²) >= 11 is 1.37. The molecule has 0 aliphatic carbocycles. The van der Waals surface area contributed by atoms with Gasteiger partial charge >= 0.3 is 0 Å². The summed E-state index contributed by atoms with van der Waals surface area (Å²) < 4.78 is 3.76. The standard InChI is InChI=1S/C8H9N5S/c1-6-2-3-8(12-11-6)9-4-7-5-10-13-14-7/h2-3,5H,4H2,1H3,(H,9,12). The third-order valence-corrected chi connectivity index (χ3v) is 2.31. The number of aromatic nitrogens is 4. The van der Waals surface area contributed by atoms with Crippen molar-refractivity contribution < 1.29 is 0 Å². The van der Waals surface area contributed by atoms with E-state index in [1.165, 1.54) is 11.5 Å². The third kappa shape index (κ3) is 2.23. The normalized spacial score (nSPS) is 10.1. The SMILES string of the molecule is Cc1ccc(NCc2cnns2)nn1. The van der Waals surface area contributed by atoms with Gasteiger partial charge in [0.25, 0.3) is 0 Å². The molecule has 72 valence electrons. The number of hydrogen-bond acceptors (Lipinski definition) is 6. The second-order valence-electron chi connectivity index (χ2n) is 2.80. The lowest BCUT2D eigenvalue weighted by atomic mass is 10.4. The molecule has 0 aliphatic rings. The van der Waals surface area contributed by atoms with Crippen molar-refractivity contribution in [3.8, 4) is 0 Å². The summed E-state index contributed by atoms with van der Waals surface area (Å²) in [5, 5.41) is 14.8. The smallest absolute Gasteiger partial charge is 0.148 e. The highest BCUT2D eigenvalue weighted by Gasteiger charge is 1.97. The van der Waals surface area contributed by atoms with Crippen LogP contribution in [0.2, 0.25) is 0 Å². The van der Waals surface area contributed by atoms with Gasteiger partial charge in [0.15, 0.2) is 0 Å². The van der Waals surface area contributed by atoms with E-state index in [-0.39, 0.29) is 0 Å². The van der Waals surface area contributed by atoms with Gasteiger partial charge in [-0.3, -0.25) is 0 Å². The number of nitrogens with zero attached hydrogens (tertiary/aromatic N) is 4. The Bertz CT molecular complexity index is 383. The number of aryl methyl sites for hydroxylation is 1. The first-order valence-corrected chi connectivity index (χ1v) is 4.92. The molecule has 2 rings (SSSR count). The third-order valence-electron chi connectivity index (χ3n) is 1.65. The van der Waals surface area contributed by atoms with E-state index < -0.39 is 0 Å². The van der Waals surface area contributed by atoms with Crippen LogP contribution in [-0.2, 0) is 6.54 Å². The molecule has 0 amide bonds. The van der Waals surface area contributed by atoms with Crippen molar-refractivity contribution in [1.29, 1.82) is 0 Å². The van der Waals surface area contributed by atoms with Gasteiger partial charge in [-0.1, -0.05) is 4.49 Å². The summed E-state index contributed by atoms with van der Waals surface area (Å²) in [5.41, 5.74) is 0.912. The Morgan fingerprint density at radius 2 is 2.29 bits per heavy atom. The summed E-state index contributed by atoms with van der Waals surface area (Å²) in [7, 11) is 0. The van der Waals surface area contributed by atoms with Gasteiger partial charge in [0, 0.05) is 0 Å². The molecule has 14 heavy (non-hydrogen) atoms. The molecule has 0 unspecified atom stereocenters. The molecule has 0 saturated heterocycles. The van der Waals surface area contributed by atoms with Crippen molar-refractivity contribution in [3.05, 3.63) is 28.9 Å². The van der Waals surface area contributed by atoms with E-state index in [1.807, 2.05) is 19.1 Å². The lowest BCUT2D eigenvalue weighted by molar-refractivity contribution is 0.965. The molecule has 0 bridgehead atoms. The molecule has 0 fully saturated rings. The first-order chi connectivity index (χ1) is 6.84. The van der Waals surface area contributed by atoms with E-state index in [4.69, 9.17) is 0 Å². The fourth-order valence-electron chi connectivity index (χ4n) is 0.936. The highest BCUT2D eigenvalue weighted by molar-refractivity contribution is 7.05. The zero-order valence-electron chi connectivity index (χ0n) is 7.64. The molecular formula is C8H9N5S. The van der Waals surface area contributed by atoms with Gasteiger partial charge in [0.2, 0.25) is 0 Å². The molecule has 1 N–H and O–H groups in total. The zero-order chi connectivity index (χ0) is 9.80. The molecule has 2 aromatic rings. The predicted octanol–water partition coefficient (Wildman–Crippen LogP) is 1.25. The van der Waals surface area contributed by atoms with E-state index >= 15 is 0 Å². The predicted molar refractivity (Wildman–Crippen MR) is 54.0 cm³/mol. The molecule has 0 radical (unpaired) electrons. The summed E-state index contributed by atoms with van der Waals surface area (Å²) in [4.78, 5) is 1.08. The van der Waals surface area contributed by atoms with Crippen molar-refractivity contribution >= 4 is 17.4 Å². The van der Waals surface area contributed by atoms with Crippen molar-refractivity contribution in [2.45, 2.75) is 13.5 Å². The molecule has 0 saturated carbocycles. The number of anilines is 1. The summed E-state index contributed by atoms with van der Waals surface area (Å²) in [6, 6.07) is 3.82. The molecule has 0 atom stereocenters. The maximum atomic E-state index is 3.98. The Morgan fingerprint density at radius 3 is 2.93 bits per heavy atom. The van der Waals surface area contributed by atoms with E-state index in [2.05, 4.69) is 25.1 Å². The van der Waals surface area contributed by atoms with Gasteiger partial charge < -0.3 is 5.32 Å². The van der Waals surface area contributed by atoms with E-state index in [1.54, 1.807) is 6.20 Å². The number of hydrogen-bond donors (Lipinski definition) is 1. The second kappa shape index (κ2) is 4.10. The number of nitrogens with one attached hydrogen (secondary N) is 1. The van der Waals surface area contributed by atoms with Crippen molar-refractivity contribution in [3.63, 3.8) is 0 Å². The quantitative estimate of drug-likeness (QED) is 0.820. The lowest BCUT2D eigenvalue weighted by Gasteiger charge is -2.01. The molecule has 6 heteroatoms. The van der Waals surface area contributed by atoms with E-state index in [0.717, 1.165) is 16.4 Å². The average molecular weight is 207 g/mol. The number of rotatable bonds is 3. The highest BCUT2D eigenvalue weighted by atomic mass is 32.1. The second-order valence-corrected chi connectivity index (χ2v) is 3.67. The largest absolute Gasteiger partial charge is 0.364 e. The fraction of sp³-hybridized carbons (Fsp3) is 0.250. The molecule has 2 aromatic heterocycles. The van der Waals surface area contributed by atoms with Crippen LogP contribution in [-0.4, -0.2) is 19.8 Å². The summed E-state index contributed by atoms with van der Waals surface area (Å²) in [6.45, 7) is 2.60. The van der Waals surface area contributed by atoms with Crippen LogP contribution >= 0.6 is 11.5 Å². The van der Waals surface area contributed by atoms with Crippen molar-refractivity contribution in [2.75, 3.05) is 5.32 Å². The molecule has 0 aliphatic heterocycles. The van der Waals surface area contributed by atoms with Gasteiger partial charge in [-0.2, -0.15) is 5.10 Å². The van der Waals surface area contributed by atoms with E-state index in [9.17, 15) is 0 Å². The van der Waals surface area contributed by atoms with Crippen LogP contribution in [0.3, 0.4) is 0 Å². The van der Waals surface area contributed by atoms with Gasteiger partial charge in [0.1, 0.15) is 5.82 Å². The minimum absolute atomic E-state index is 0.690. The first kappa shape index (κ1) is 9.01. The van der Waals surface area contributed by atoms with Crippen LogP contribution in [0.4, 0.5) is 5.82 Å². The van der Waals surface area contributed by atoms with Crippen molar-refractivity contribution in [2.24, 2.45) is 0 Å².